The summed E-state index contributed by atoms with van der Waals surface area (Å²) in [5.41, 5.74) is 4.05. The van der Waals surface area contributed by atoms with Gasteiger partial charge in [0, 0.05) is 66.9 Å². The first-order valence-corrected chi connectivity index (χ1v) is 13.0. The molecule has 0 amide bonds. The van der Waals surface area contributed by atoms with Crippen LogP contribution in [0.5, 0.6) is 5.75 Å². The van der Waals surface area contributed by atoms with Crippen LogP contribution in [-0.4, -0.2) is 65.4 Å². The van der Waals surface area contributed by atoms with Gasteiger partial charge in [0.2, 0.25) is 0 Å². The molecule has 2 aromatic heterocycles. The molecular weight excluding hydrogens is 444 g/mol. The van der Waals surface area contributed by atoms with E-state index in [9.17, 15) is 9.90 Å². The number of pyridine rings is 2. The fourth-order valence-electron chi connectivity index (χ4n) is 5.40. The number of anilines is 1. The Kier molecular flexibility index (Phi) is 7.48. The molecule has 188 valence electrons. The zero-order valence-corrected chi connectivity index (χ0v) is 20.5. The highest BCUT2D eigenvalue weighted by atomic mass is 16.5. The minimum absolute atomic E-state index is 0.0732. The molecule has 2 unspecified atom stereocenters. The smallest absolute Gasteiger partial charge is 0.325 e. The highest BCUT2D eigenvalue weighted by Crippen LogP contribution is 2.43. The molecule has 2 atom stereocenters. The van der Waals surface area contributed by atoms with E-state index in [2.05, 4.69) is 16.4 Å². The van der Waals surface area contributed by atoms with Gasteiger partial charge in [-0.2, -0.15) is 0 Å². The number of ether oxygens (including phenoxy) is 2. The number of nitrogens with zero attached hydrogens (tertiary/aromatic N) is 3. The van der Waals surface area contributed by atoms with Crippen LogP contribution in [0.4, 0.5) is 5.82 Å². The summed E-state index contributed by atoms with van der Waals surface area (Å²) in [7, 11) is 1.72. The zero-order valence-electron chi connectivity index (χ0n) is 20.5. The van der Waals surface area contributed by atoms with Crippen molar-refractivity contribution in [3.63, 3.8) is 0 Å². The maximum atomic E-state index is 12.2. The quantitative estimate of drug-likeness (QED) is 0.467. The number of carboxylic acids is 1. The van der Waals surface area contributed by atoms with Crippen molar-refractivity contribution in [2.45, 2.75) is 69.4 Å². The molecule has 0 bridgehead atoms. The number of unbranched alkanes of at least 4 members (excludes halogenated alkanes) is 1. The Bertz CT molecular complexity index is 1020. The molecule has 4 heterocycles. The first-order chi connectivity index (χ1) is 17.1. The highest BCUT2D eigenvalue weighted by molar-refractivity contribution is 5.76. The number of carbonyl (C=O) groups is 1. The molecular formula is C27H36N4O4. The molecule has 0 aromatic carbocycles. The van der Waals surface area contributed by atoms with E-state index >= 15 is 0 Å². The average molecular weight is 481 g/mol. The summed E-state index contributed by atoms with van der Waals surface area (Å²) in [6, 6.07) is 5.21. The lowest BCUT2D eigenvalue weighted by Crippen LogP contribution is -2.34. The second-order valence-corrected chi connectivity index (χ2v) is 9.90. The predicted octanol–water partition coefficient (Wildman–Crippen LogP) is 3.96. The summed E-state index contributed by atoms with van der Waals surface area (Å²) in [6.07, 6.45) is 9.86. The van der Waals surface area contributed by atoms with E-state index in [1.165, 1.54) is 5.56 Å². The molecule has 8 heteroatoms. The number of fused-ring (bicyclic) bond motifs is 1. The molecule has 0 spiro atoms. The lowest BCUT2D eigenvalue weighted by molar-refractivity contribution is -0.143. The SMILES string of the molecule is COc1cc(CCCCOC2CCN(C(C(=O)O)c3cccnc3C3CC3)C2)nc2c1CCCN2. The van der Waals surface area contributed by atoms with Crippen molar-refractivity contribution in [3.05, 3.63) is 46.9 Å². The third kappa shape index (κ3) is 5.59. The van der Waals surface area contributed by atoms with Crippen molar-refractivity contribution in [3.8, 4) is 5.75 Å². The van der Waals surface area contributed by atoms with Gasteiger partial charge in [0.25, 0.3) is 0 Å². The molecule has 35 heavy (non-hydrogen) atoms. The van der Waals surface area contributed by atoms with Crippen LogP contribution < -0.4 is 10.1 Å². The van der Waals surface area contributed by atoms with Gasteiger partial charge in [-0.15, -0.1) is 0 Å². The van der Waals surface area contributed by atoms with Crippen molar-refractivity contribution >= 4 is 11.8 Å². The molecule has 1 aliphatic carbocycles. The number of methoxy groups -OCH3 is 1. The van der Waals surface area contributed by atoms with Crippen LogP contribution >= 0.6 is 0 Å². The Balaban J connectivity index is 1.10. The van der Waals surface area contributed by atoms with Crippen LogP contribution in [-0.2, 0) is 22.4 Å². The fourth-order valence-corrected chi connectivity index (χ4v) is 5.40. The van der Waals surface area contributed by atoms with E-state index in [0.29, 0.717) is 19.1 Å². The molecule has 0 radical (unpaired) electrons. The topological polar surface area (TPSA) is 96.8 Å². The van der Waals surface area contributed by atoms with Crippen molar-refractivity contribution in [1.29, 1.82) is 0 Å². The maximum Gasteiger partial charge on any atom is 0.325 e. The van der Waals surface area contributed by atoms with E-state index in [-0.39, 0.29) is 6.10 Å². The van der Waals surface area contributed by atoms with Gasteiger partial charge in [-0.1, -0.05) is 6.07 Å². The molecule has 5 rings (SSSR count). The number of carboxylic acid groups (broad SMARTS) is 1. The summed E-state index contributed by atoms with van der Waals surface area (Å²) < 4.78 is 11.7. The number of nitrogens with one attached hydrogen (secondary N) is 1. The Morgan fingerprint density at radius 2 is 2.20 bits per heavy atom. The average Bonchev–Trinajstić information content (AvgIpc) is 3.62. The Morgan fingerprint density at radius 1 is 1.31 bits per heavy atom. The minimum atomic E-state index is -0.803. The van der Waals surface area contributed by atoms with Gasteiger partial charge in [-0.05, 0) is 57.4 Å². The lowest BCUT2D eigenvalue weighted by Gasteiger charge is -2.26. The highest BCUT2D eigenvalue weighted by Gasteiger charge is 2.38. The Morgan fingerprint density at radius 3 is 3.00 bits per heavy atom. The third-order valence-corrected chi connectivity index (χ3v) is 7.34. The van der Waals surface area contributed by atoms with Gasteiger partial charge >= 0.3 is 5.97 Å². The molecule has 3 aliphatic rings. The van der Waals surface area contributed by atoms with E-state index in [1.54, 1.807) is 13.3 Å². The van der Waals surface area contributed by atoms with Gasteiger partial charge in [0.1, 0.15) is 17.6 Å². The van der Waals surface area contributed by atoms with Crippen molar-refractivity contribution < 1.29 is 19.4 Å². The summed E-state index contributed by atoms with van der Waals surface area (Å²) in [5.74, 6) is 1.52. The van der Waals surface area contributed by atoms with E-state index in [0.717, 1.165) is 93.0 Å². The second kappa shape index (κ2) is 10.9. The van der Waals surface area contributed by atoms with Crippen LogP contribution in [0.15, 0.2) is 24.4 Å². The third-order valence-electron chi connectivity index (χ3n) is 7.34. The maximum absolute atomic E-state index is 12.2. The minimum Gasteiger partial charge on any atom is -0.496 e. The summed E-state index contributed by atoms with van der Waals surface area (Å²) in [5, 5.41) is 13.4. The molecule has 1 saturated heterocycles. The van der Waals surface area contributed by atoms with Crippen LogP contribution in [0.1, 0.15) is 73.0 Å². The van der Waals surface area contributed by atoms with Gasteiger partial charge in [0.15, 0.2) is 0 Å². The van der Waals surface area contributed by atoms with Crippen molar-refractivity contribution in [2.75, 3.05) is 38.7 Å². The van der Waals surface area contributed by atoms with Gasteiger partial charge in [-0.3, -0.25) is 14.7 Å². The Labute approximate surface area is 207 Å². The number of rotatable bonds is 11. The van der Waals surface area contributed by atoms with Crippen LogP contribution in [0.2, 0.25) is 0 Å². The van der Waals surface area contributed by atoms with Crippen molar-refractivity contribution in [2.24, 2.45) is 0 Å². The van der Waals surface area contributed by atoms with Gasteiger partial charge < -0.3 is 19.9 Å². The van der Waals surface area contributed by atoms with Crippen LogP contribution in [0, 0.1) is 0 Å². The number of hydrogen-bond donors (Lipinski definition) is 2. The fraction of sp³-hybridized carbons (Fsp3) is 0.593. The zero-order chi connectivity index (χ0) is 24.2. The van der Waals surface area contributed by atoms with Gasteiger partial charge in [0.05, 0.1) is 13.2 Å². The first kappa shape index (κ1) is 24.0. The largest absolute Gasteiger partial charge is 0.496 e. The van der Waals surface area contributed by atoms with Gasteiger partial charge in [-0.25, -0.2) is 4.98 Å². The number of hydrogen-bond acceptors (Lipinski definition) is 7. The number of aromatic nitrogens is 2. The van der Waals surface area contributed by atoms with E-state index < -0.39 is 12.0 Å². The first-order valence-electron chi connectivity index (χ1n) is 13.0. The second-order valence-electron chi connectivity index (χ2n) is 9.90. The summed E-state index contributed by atoms with van der Waals surface area (Å²) in [6.45, 7) is 3.01. The van der Waals surface area contributed by atoms with Crippen molar-refractivity contribution in [1.82, 2.24) is 14.9 Å². The Hall–Kier alpha value is -2.71. The molecule has 2 fully saturated rings. The molecule has 2 aliphatic heterocycles. The van der Waals surface area contributed by atoms with Crippen LogP contribution in [0.3, 0.4) is 0 Å². The summed E-state index contributed by atoms with van der Waals surface area (Å²) >= 11 is 0. The molecule has 2 aromatic rings. The number of likely N-dealkylation sites (tertiary alicyclic amines) is 1. The van der Waals surface area contributed by atoms with E-state index in [1.807, 2.05) is 17.0 Å². The number of aliphatic carboxylic acids is 1. The molecule has 2 N–H and O–H groups in total. The summed E-state index contributed by atoms with van der Waals surface area (Å²) in [4.78, 5) is 23.6. The lowest BCUT2D eigenvalue weighted by atomic mass is 10.0. The van der Waals surface area contributed by atoms with E-state index in [4.69, 9.17) is 14.5 Å². The predicted molar refractivity (Wildman–Crippen MR) is 133 cm³/mol. The standard InChI is InChI=1S/C27H36N4O4/c1-34-23-16-19(30-26-21(23)7-4-13-29-26)6-2-3-15-35-20-11-14-31(17-20)25(27(32)33)22-8-5-12-28-24(22)18-9-10-18/h5,8,12,16,18,20,25H,2-4,6-7,9-11,13-15,17H2,1H3,(H,29,30)(H,32,33). The monoisotopic (exact) mass is 480 g/mol. The normalized spacial score (nSPS) is 20.8. The van der Waals surface area contributed by atoms with Crippen LogP contribution in [0.25, 0.3) is 0 Å². The molecule has 8 nitrogen and oxygen atoms in total. The number of aryl methyl sites for hydroxylation is 1. The molecule has 1 saturated carbocycles.